The van der Waals surface area contributed by atoms with Gasteiger partial charge in [0.1, 0.15) is 11.5 Å². The number of alkyl halides is 3. The van der Waals surface area contributed by atoms with Gasteiger partial charge in [-0.1, -0.05) is 18.2 Å². The van der Waals surface area contributed by atoms with E-state index in [1.807, 2.05) is 31.2 Å². The molecule has 0 saturated heterocycles. The molecule has 0 aliphatic heterocycles. The Kier molecular flexibility index (Phi) is 4.95. The quantitative estimate of drug-likeness (QED) is 0.678. The maximum absolute atomic E-state index is 12.3. The zero-order valence-corrected chi connectivity index (χ0v) is 14.7. The molecule has 0 saturated carbocycles. The summed E-state index contributed by atoms with van der Waals surface area (Å²) in [4.78, 5) is 0. The standard InChI is InChI=1S/C21H16F3NO2/c1-13-17(9-10-25)20-12-16(26-2)7-8-18(20)19(13)11-14-3-5-15(6-4-14)27-21(22,23)24/h3-8,11-12H,9H2,1-2H3. The smallest absolute Gasteiger partial charge is 0.497 e. The minimum absolute atomic E-state index is 0.265. The Morgan fingerprint density at radius 1 is 1.04 bits per heavy atom. The molecule has 2 aromatic rings. The molecule has 27 heavy (non-hydrogen) atoms. The molecule has 1 aliphatic carbocycles. The van der Waals surface area contributed by atoms with Crippen molar-refractivity contribution in [3.05, 3.63) is 64.7 Å². The van der Waals surface area contributed by atoms with Crippen molar-refractivity contribution in [3.8, 4) is 17.6 Å². The molecule has 0 aromatic heterocycles. The second kappa shape index (κ2) is 7.20. The van der Waals surface area contributed by atoms with Crippen molar-refractivity contribution in [2.24, 2.45) is 0 Å². The zero-order chi connectivity index (χ0) is 19.6. The molecule has 0 radical (unpaired) electrons. The topological polar surface area (TPSA) is 42.2 Å². The van der Waals surface area contributed by atoms with E-state index in [9.17, 15) is 13.2 Å². The minimum atomic E-state index is -4.71. The van der Waals surface area contributed by atoms with Crippen LogP contribution in [-0.2, 0) is 0 Å². The Balaban J connectivity index is 2.00. The number of methoxy groups -OCH3 is 1. The van der Waals surface area contributed by atoms with E-state index in [-0.39, 0.29) is 12.2 Å². The van der Waals surface area contributed by atoms with Crippen LogP contribution in [0.5, 0.6) is 11.5 Å². The average molecular weight is 371 g/mol. The number of ether oxygens (including phenoxy) is 2. The van der Waals surface area contributed by atoms with Crippen LogP contribution in [0.1, 0.15) is 30.0 Å². The van der Waals surface area contributed by atoms with Gasteiger partial charge in [0.05, 0.1) is 19.6 Å². The molecular weight excluding hydrogens is 355 g/mol. The van der Waals surface area contributed by atoms with Gasteiger partial charge >= 0.3 is 6.36 Å². The van der Waals surface area contributed by atoms with Crippen LogP contribution in [-0.4, -0.2) is 13.5 Å². The Morgan fingerprint density at radius 3 is 2.30 bits per heavy atom. The average Bonchev–Trinajstić information content (AvgIpc) is 2.87. The second-order valence-corrected chi connectivity index (χ2v) is 6.02. The Morgan fingerprint density at radius 2 is 1.70 bits per heavy atom. The Labute approximate surface area is 155 Å². The SMILES string of the molecule is COc1ccc2c(c1)C(CC#N)=C(C)C2=Cc1ccc(OC(F)(F)F)cc1. The van der Waals surface area contributed by atoms with Gasteiger partial charge in [0.25, 0.3) is 0 Å². The molecule has 0 bridgehead atoms. The van der Waals surface area contributed by atoms with Crippen LogP contribution < -0.4 is 9.47 Å². The molecule has 138 valence electrons. The number of fused-ring (bicyclic) bond motifs is 1. The third kappa shape index (κ3) is 3.98. The van der Waals surface area contributed by atoms with E-state index in [1.165, 1.54) is 12.1 Å². The van der Waals surface area contributed by atoms with Crippen molar-refractivity contribution in [1.29, 1.82) is 5.26 Å². The highest BCUT2D eigenvalue weighted by molar-refractivity contribution is 6.05. The first-order valence-electron chi connectivity index (χ1n) is 8.16. The molecule has 0 amide bonds. The lowest BCUT2D eigenvalue weighted by atomic mass is 10.0. The maximum Gasteiger partial charge on any atom is 0.573 e. The van der Waals surface area contributed by atoms with E-state index in [4.69, 9.17) is 10.00 Å². The van der Waals surface area contributed by atoms with Crippen LogP contribution in [0.15, 0.2) is 48.0 Å². The van der Waals surface area contributed by atoms with E-state index in [2.05, 4.69) is 10.8 Å². The molecular formula is C21H16F3NO2. The molecule has 2 aromatic carbocycles. The predicted molar refractivity (Wildman–Crippen MR) is 96.8 cm³/mol. The molecule has 3 rings (SSSR count). The number of nitriles is 1. The monoisotopic (exact) mass is 371 g/mol. The van der Waals surface area contributed by atoms with E-state index in [0.29, 0.717) is 5.75 Å². The van der Waals surface area contributed by atoms with Crippen molar-refractivity contribution >= 4 is 17.2 Å². The normalized spacial score (nSPS) is 14.9. The lowest BCUT2D eigenvalue weighted by molar-refractivity contribution is -0.274. The van der Waals surface area contributed by atoms with Gasteiger partial charge in [-0.2, -0.15) is 5.26 Å². The van der Waals surface area contributed by atoms with E-state index < -0.39 is 6.36 Å². The summed E-state index contributed by atoms with van der Waals surface area (Å²) in [5, 5.41) is 9.16. The second-order valence-electron chi connectivity index (χ2n) is 6.02. The molecule has 6 heteroatoms. The van der Waals surface area contributed by atoms with Gasteiger partial charge in [0.15, 0.2) is 0 Å². The summed E-state index contributed by atoms with van der Waals surface area (Å²) in [5.41, 5.74) is 5.47. The zero-order valence-electron chi connectivity index (χ0n) is 14.7. The summed E-state index contributed by atoms with van der Waals surface area (Å²) in [6.45, 7) is 1.94. The first kappa shape index (κ1) is 18.6. The van der Waals surface area contributed by atoms with Crippen LogP contribution in [0.25, 0.3) is 17.2 Å². The first-order chi connectivity index (χ1) is 12.8. The molecule has 0 spiro atoms. The first-order valence-corrected chi connectivity index (χ1v) is 8.16. The third-order valence-electron chi connectivity index (χ3n) is 4.38. The van der Waals surface area contributed by atoms with Crippen LogP contribution in [0.2, 0.25) is 0 Å². The van der Waals surface area contributed by atoms with E-state index in [1.54, 1.807) is 19.2 Å². The van der Waals surface area contributed by atoms with Gasteiger partial charge < -0.3 is 9.47 Å². The van der Waals surface area contributed by atoms with Crippen LogP contribution >= 0.6 is 0 Å². The van der Waals surface area contributed by atoms with Crippen molar-refractivity contribution in [3.63, 3.8) is 0 Å². The molecule has 0 heterocycles. The van der Waals surface area contributed by atoms with Gasteiger partial charge in [-0.15, -0.1) is 13.2 Å². The van der Waals surface area contributed by atoms with Crippen LogP contribution in [0.3, 0.4) is 0 Å². The molecule has 0 N–H and O–H groups in total. The highest BCUT2D eigenvalue weighted by atomic mass is 19.4. The molecule has 0 fully saturated rings. The summed E-state index contributed by atoms with van der Waals surface area (Å²) in [5.74, 6) is 0.436. The fraction of sp³-hybridized carbons (Fsp3) is 0.190. The molecule has 0 unspecified atom stereocenters. The van der Waals surface area contributed by atoms with Gasteiger partial charge in [-0.25, -0.2) is 0 Å². The molecule has 3 nitrogen and oxygen atoms in total. The third-order valence-corrected chi connectivity index (χ3v) is 4.38. The van der Waals surface area contributed by atoms with Gasteiger partial charge in [-0.3, -0.25) is 0 Å². The maximum atomic E-state index is 12.3. The summed E-state index contributed by atoms with van der Waals surface area (Å²) >= 11 is 0. The molecule has 0 atom stereocenters. The summed E-state index contributed by atoms with van der Waals surface area (Å²) < 4.78 is 46.0. The highest BCUT2D eigenvalue weighted by Gasteiger charge is 2.31. The van der Waals surface area contributed by atoms with Crippen LogP contribution in [0, 0.1) is 11.3 Å². The summed E-state index contributed by atoms with van der Waals surface area (Å²) in [6, 6.07) is 13.5. The summed E-state index contributed by atoms with van der Waals surface area (Å²) in [6.07, 6.45) is -2.56. The van der Waals surface area contributed by atoms with Crippen molar-refractivity contribution in [2.45, 2.75) is 19.7 Å². The Hall–Kier alpha value is -3.20. The fourth-order valence-corrected chi connectivity index (χ4v) is 3.13. The van der Waals surface area contributed by atoms with Gasteiger partial charge in [0.2, 0.25) is 0 Å². The number of rotatable bonds is 4. The lowest BCUT2D eigenvalue weighted by Crippen LogP contribution is -2.16. The predicted octanol–water partition coefficient (Wildman–Crippen LogP) is 5.84. The number of benzene rings is 2. The number of halogens is 3. The van der Waals surface area contributed by atoms with E-state index in [0.717, 1.165) is 33.4 Å². The van der Waals surface area contributed by atoms with Gasteiger partial charge in [0, 0.05) is 0 Å². The highest BCUT2D eigenvalue weighted by Crippen LogP contribution is 2.44. The van der Waals surface area contributed by atoms with E-state index >= 15 is 0 Å². The van der Waals surface area contributed by atoms with Crippen LogP contribution in [0.4, 0.5) is 13.2 Å². The minimum Gasteiger partial charge on any atom is -0.497 e. The van der Waals surface area contributed by atoms with Crippen molar-refractivity contribution in [1.82, 2.24) is 0 Å². The van der Waals surface area contributed by atoms with Crippen molar-refractivity contribution in [2.75, 3.05) is 7.11 Å². The van der Waals surface area contributed by atoms with Gasteiger partial charge in [-0.05, 0) is 70.7 Å². The lowest BCUT2D eigenvalue weighted by Gasteiger charge is -2.09. The fourth-order valence-electron chi connectivity index (χ4n) is 3.13. The number of hydrogen-bond donors (Lipinski definition) is 0. The number of hydrogen-bond acceptors (Lipinski definition) is 3. The number of allylic oxidation sites excluding steroid dienone is 3. The largest absolute Gasteiger partial charge is 0.573 e. The Bertz CT molecular complexity index is 964. The number of nitrogens with zero attached hydrogens (tertiary/aromatic N) is 1. The molecule has 1 aliphatic rings. The summed E-state index contributed by atoms with van der Waals surface area (Å²) in [7, 11) is 1.58. The van der Waals surface area contributed by atoms with Crippen molar-refractivity contribution < 1.29 is 22.6 Å².